The largest absolute Gasteiger partial charge is 0.444 e. The molecule has 1 atom stereocenters. The summed E-state index contributed by atoms with van der Waals surface area (Å²) in [6.07, 6.45) is 7.83. The van der Waals surface area contributed by atoms with Gasteiger partial charge in [-0.2, -0.15) is 0 Å². The Balaban J connectivity index is 1.63. The second kappa shape index (κ2) is 6.79. The molecule has 4 nitrogen and oxygen atoms in total. The van der Waals surface area contributed by atoms with Gasteiger partial charge in [0.05, 0.1) is 0 Å². The topological polar surface area (TPSA) is 41.6 Å². The van der Waals surface area contributed by atoms with Crippen LogP contribution in [0.1, 0.15) is 59.3 Å². The summed E-state index contributed by atoms with van der Waals surface area (Å²) in [6.45, 7) is 8.45. The minimum atomic E-state index is -0.398. The van der Waals surface area contributed by atoms with Crippen molar-refractivity contribution < 1.29 is 9.53 Å². The number of likely N-dealkylation sites (tertiary alicyclic amines) is 1. The van der Waals surface area contributed by atoms with Crippen molar-refractivity contribution in [3.8, 4) is 0 Å². The van der Waals surface area contributed by atoms with E-state index in [-0.39, 0.29) is 6.09 Å². The number of carbonyl (C=O) groups is 1. The van der Waals surface area contributed by atoms with E-state index in [0.717, 1.165) is 32.0 Å². The number of carbonyl (C=O) groups excluding carboxylic acids is 1. The molecule has 1 unspecified atom stereocenters. The average Bonchev–Trinajstić information content (AvgIpc) is 2.97. The molecule has 1 aliphatic carbocycles. The molecule has 0 bridgehead atoms. The lowest BCUT2D eigenvalue weighted by Gasteiger charge is -2.24. The highest BCUT2D eigenvalue weighted by Crippen LogP contribution is 2.27. The fourth-order valence-corrected chi connectivity index (χ4v) is 3.21. The fraction of sp³-hybridized carbons (Fsp3) is 0.938. The van der Waals surface area contributed by atoms with Gasteiger partial charge in [0.2, 0.25) is 0 Å². The third-order valence-corrected chi connectivity index (χ3v) is 4.30. The van der Waals surface area contributed by atoms with E-state index in [2.05, 4.69) is 5.32 Å². The Morgan fingerprint density at radius 1 is 1.25 bits per heavy atom. The molecule has 2 rings (SSSR count). The molecular formula is C16H30N2O2. The maximum Gasteiger partial charge on any atom is 0.410 e. The van der Waals surface area contributed by atoms with Crippen LogP contribution in [0.3, 0.4) is 0 Å². The Kier molecular flexibility index (Phi) is 5.30. The molecule has 0 radical (unpaired) electrons. The first-order valence-corrected chi connectivity index (χ1v) is 8.15. The van der Waals surface area contributed by atoms with Crippen LogP contribution in [0.2, 0.25) is 0 Å². The Labute approximate surface area is 123 Å². The molecule has 1 amide bonds. The van der Waals surface area contributed by atoms with Gasteiger partial charge in [-0.3, -0.25) is 0 Å². The summed E-state index contributed by atoms with van der Waals surface area (Å²) in [5.41, 5.74) is -0.398. The second-order valence-corrected chi connectivity index (χ2v) is 7.31. The van der Waals surface area contributed by atoms with Gasteiger partial charge in [0.25, 0.3) is 0 Å². The molecule has 116 valence electrons. The van der Waals surface area contributed by atoms with Crippen molar-refractivity contribution in [3.05, 3.63) is 0 Å². The lowest BCUT2D eigenvalue weighted by Crippen LogP contribution is -2.38. The molecule has 1 N–H and O–H groups in total. The highest BCUT2D eigenvalue weighted by molar-refractivity contribution is 5.68. The van der Waals surface area contributed by atoms with Crippen molar-refractivity contribution >= 4 is 6.09 Å². The van der Waals surface area contributed by atoms with E-state index in [0.29, 0.717) is 6.04 Å². The number of nitrogens with one attached hydrogen (secondary N) is 1. The lowest BCUT2D eigenvalue weighted by atomic mass is 10.0. The van der Waals surface area contributed by atoms with Crippen LogP contribution >= 0.6 is 0 Å². The standard InChI is InChI=1S/C16H30N2O2/c1-16(2,3)20-15(19)18-11-9-14(12-18)17-10-8-13-6-4-5-7-13/h13-14,17H,4-12H2,1-3H3. The van der Waals surface area contributed by atoms with E-state index in [1.807, 2.05) is 25.7 Å². The van der Waals surface area contributed by atoms with Gasteiger partial charge in [-0.05, 0) is 46.1 Å². The predicted molar refractivity (Wildman–Crippen MR) is 80.8 cm³/mol. The van der Waals surface area contributed by atoms with Crippen molar-refractivity contribution in [2.75, 3.05) is 19.6 Å². The molecule has 2 aliphatic rings. The molecule has 1 aliphatic heterocycles. The van der Waals surface area contributed by atoms with Crippen molar-refractivity contribution in [1.29, 1.82) is 0 Å². The predicted octanol–water partition coefficient (Wildman–Crippen LogP) is 3.17. The number of amides is 1. The third kappa shape index (κ3) is 4.97. The van der Waals surface area contributed by atoms with Gasteiger partial charge in [-0.25, -0.2) is 4.79 Å². The van der Waals surface area contributed by atoms with Gasteiger partial charge >= 0.3 is 6.09 Å². The van der Waals surface area contributed by atoms with Gasteiger partial charge in [0, 0.05) is 19.1 Å². The Morgan fingerprint density at radius 2 is 1.95 bits per heavy atom. The molecule has 0 aromatic heterocycles. The summed E-state index contributed by atoms with van der Waals surface area (Å²) in [4.78, 5) is 13.8. The van der Waals surface area contributed by atoms with Gasteiger partial charge < -0.3 is 15.0 Å². The highest BCUT2D eigenvalue weighted by Gasteiger charge is 2.29. The minimum Gasteiger partial charge on any atom is -0.444 e. The summed E-state index contributed by atoms with van der Waals surface area (Å²) in [7, 11) is 0. The van der Waals surface area contributed by atoms with Crippen LogP contribution in [0.5, 0.6) is 0 Å². The number of nitrogens with zero attached hydrogens (tertiary/aromatic N) is 1. The molecule has 2 fully saturated rings. The first-order valence-electron chi connectivity index (χ1n) is 8.15. The van der Waals surface area contributed by atoms with E-state index < -0.39 is 5.60 Å². The van der Waals surface area contributed by atoms with Crippen LogP contribution in [-0.4, -0.2) is 42.3 Å². The Bertz CT molecular complexity index is 319. The molecule has 4 heteroatoms. The van der Waals surface area contributed by atoms with Crippen molar-refractivity contribution in [2.24, 2.45) is 5.92 Å². The smallest absolute Gasteiger partial charge is 0.410 e. The zero-order chi connectivity index (χ0) is 14.6. The molecule has 0 aromatic rings. The molecule has 1 saturated heterocycles. The van der Waals surface area contributed by atoms with Crippen LogP contribution in [-0.2, 0) is 4.74 Å². The number of hydrogen-bond donors (Lipinski definition) is 1. The van der Waals surface area contributed by atoms with Crippen molar-refractivity contribution in [1.82, 2.24) is 10.2 Å². The monoisotopic (exact) mass is 282 g/mol. The summed E-state index contributed by atoms with van der Waals surface area (Å²) < 4.78 is 5.41. The minimum absolute atomic E-state index is 0.169. The molecule has 0 aromatic carbocycles. The summed E-state index contributed by atoms with van der Waals surface area (Å²) in [6, 6.07) is 0.448. The normalized spacial score (nSPS) is 24.4. The van der Waals surface area contributed by atoms with Crippen LogP contribution < -0.4 is 5.32 Å². The first kappa shape index (κ1) is 15.6. The Hall–Kier alpha value is -0.770. The van der Waals surface area contributed by atoms with E-state index in [1.165, 1.54) is 32.1 Å². The number of rotatable bonds is 4. The van der Waals surface area contributed by atoms with Gasteiger partial charge in [0.15, 0.2) is 0 Å². The fourth-order valence-electron chi connectivity index (χ4n) is 3.21. The van der Waals surface area contributed by atoms with E-state index in [9.17, 15) is 4.79 Å². The van der Waals surface area contributed by atoms with Crippen LogP contribution in [0, 0.1) is 5.92 Å². The molecule has 0 spiro atoms. The second-order valence-electron chi connectivity index (χ2n) is 7.31. The summed E-state index contributed by atoms with van der Waals surface area (Å²) in [5, 5.41) is 3.61. The third-order valence-electron chi connectivity index (χ3n) is 4.30. The van der Waals surface area contributed by atoms with Gasteiger partial charge in [-0.15, -0.1) is 0 Å². The molecule has 1 heterocycles. The average molecular weight is 282 g/mol. The highest BCUT2D eigenvalue weighted by atomic mass is 16.6. The van der Waals surface area contributed by atoms with Crippen LogP contribution in [0.15, 0.2) is 0 Å². The van der Waals surface area contributed by atoms with Crippen molar-refractivity contribution in [2.45, 2.75) is 70.9 Å². The lowest BCUT2D eigenvalue weighted by molar-refractivity contribution is 0.0291. The molecule has 1 saturated carbocycles. The van der Waals surface area contributed by atoms with E-state index in [4.69, 9.17) is 4.74 Å². The van der Waals surface area contributed by atoms with Crippen molar-refractivity contribution in [3.63, 3.8) is 0 Å². The quantitative estimate of drug-likeness (QED) is 0.861. The Morgan fingerprint density at radius 3 is 2.60 bits per heavy atom. The summed E-state index contributed by atoms with van der Waals surface area (Å²) >= 11 is 0. The zero-order valence-electron chi connectivity index (χ0n) is 13.3. The molecule has 20 heavy (non-hydrogen) atoms. The zero-order valence-corrected chi connectivity index (χ0v) is 13.3. The maximum absolute atomic E-state index is 12.0. The summed E-state index contributed by atoms with van der Waals surface area (Å²) in [5.74, 6) is 0.936. The van der Waals surface area contributed by atoms with E-state index >= 15 is 0 Å². The maximum atomic E-state index is 12.0. The van der Waals surface area contributed by atoms with E-state index in [1.54, 1.807) is 0 Å². The molecular weight excluding hydrogens is 252 g/mol. The SMILES string of the molecule is CC(C)(C)OC(=O)N1CCC(NCCC2CCCC2)C1. The van der Waals surface area contributed by atoms with Gasteiger partial charge in [-0.1, -0.05) is 25.7 Å². The number of hydrogen-bond acceptors (Lipinski definition) is 3. The number of ether oxygens (including phenoxy) is 1. The van der Waals surface area contributed by atoms with Crippen LogP contribution in [0.4, 0.5) is 4.79 Å². The first-order chi connectivity index (χ1) is 9.44. The van der Waals surface area contributed by atoms with Gasteiger partial charge in [0.1, 0.15) is 5.60 Å². The van der Waals surface area contributed by atoms with Crippen LogP contribution in [0.25, 0.3) is 0 Å².